The largest absolute Gasteiger partial charge is 0.466 e. The summed E-state index contributed by atoms with van der Waals surface area (Å²) in [5.41, 5.74) is 20.7. The minimum Gasteiger partial charge on any atom is -0.466 e. The topological polar surface area (TPSA) is 771 Å². The van der Waals surface area contributed by atoms with Crippen LogP contribution in [0.3, 0.4) is 0 Å². The molecule has 862 valence electrons. The van der Waals surface area contributed by atoms with Gasteiger partial charge in [0.05, 0.1) is 90.4 Å². The van der Waals surface area contributed by atoms with Crippen LogP contribution in [-0.4, -0.2) is 309 Å². The van der Waals surface area contributed by atoms with E-state index in [0.717, 1.165) is 44.6 Å². The van der Waals surface area contributed by atoms with Gasteiger partial charge in [-0.05, 0) is 152 Å². The minimum absolute atomic E-state index is 0. The molecule has 52 nitrogen and oxygen atoms in total. The molecule has 17 atom stereocenters. The van der Waals surface area contributed by atoms with Crippen molar-refractivity contribution in [3.05, 3.63) is 73.3 Å². The minimum atomic E-state index is -3.64. The zero-order chi connectivity index (χ0) is 116. The number of nitrogens with one attached hydrogen (secondary N) is 7. The summed E-state index contributed by atoms with van der Waals surface area (Å²) in [4.78, 5) is 161. The number of nitrogens with zero attached hydrogens (tertiary/aromatic N) is 5. The number of likely N-dealkylation sites (N-methyl/N-ethyl adjacent to an activating group) is 1. The Kier molecular flexibility index (Phi) is 95.5. The highest BCUT2D eigenvalue weighted by molar-refractivity contribution is 8.08. The third kappa shape index (κ3) is 107. The maximum Gasteiger partial charge on any atom is 0.323 e. The van der Waals surface area contributed by atoms with E-state index in [2.05, 4.69) is 66.1 Å². The molecule has 0 fully saturated rings. The Morgan fingerprint density at radius 1 is 0.411 bits per heavy atom. The summed E-state index contributed by atoms with van der Waals surface area (Å²) in [6, 6.07) is 5.10. The van der Waals surface area contributed by atoms with E-state index in [1.165, 1.54) is 105 Å². The Morgan fingerprint density at radius 2 is 0.699 bits per heavy atom. The highest BCUT2D eigenvalue weighted by atomic mass is 35.9. The fraction of sp³-hybridized carbons (Fsp3) is 0.732. The van der Waals surface area contributed by atoms with Crippen molar-refractivity contribution < 1.29 is 170 Å². The van der Waals surface area contributed by atoms with Gasteiger partial charge in [0.1, 0.15) is 54.9 Å². The lowest BCUT2D eigenvalue weighted by atomic mass is 10.2. The second kappa shape index (κ2) is 86.9. The highest BCUT2D eigenvalue weighted by Gasteiger charge is 2.35. The fourth-order valence-electron chi connectivity index (χ4n) is 8.36. The van der Waals surface area contributed by atoms with Gasteiger partial charge in [0.15, 0.2) is 0 Å². The molecule has 0 aliphatic carbocycles. The normalized spacial score (nSPS) is 15.6. The molecule has 0 bridgehead atoms. The molecule has 64 heteroatoms. The Hall–Kier alpha value is -5.50. The molecule has 2 aromatic heterocycles. The number of esters is 10. The summed E-state index contributed by atoms with van der Waals surface area (Å²) in [6.07, 6.45) is 12.5. The molecule has 146 heavy (non-hydrogen) atoms. The second-order valence-electron chi connectivity index (χ2n) is 31.5. The molecule has 0 amide bonds. The van der Waals surface area contributed by atoms with Gasteiger partial charge < -0.3 is 87.8 Å². The maximum absolute atomic E-state index is 12.6. The molecular formula is C82H174Cl2N16O36P10. The number of carbonyl (C=O) groups excluding carboxylic acids is 10. The van der Waals surface area contributed by atoms with Gasteiger partial charge in [0.25, 0.3) is 30.1 Å². The Bertz CT molecular complexity index is 4500. The molecule has 0 aliphatic heterocycles. The first-order valence-corrected chi connectivity index (χ1v) is 68.3. The number of unbranched alkanes of at least 4 members (excludes halogenated alkanes) is 2. The Balaban J connectivity index is -0.000000177. The van der Waals surface area contributed by atoms with Crippen molar-refractivity contribution in [1.29, 1.82) is 0 Å². The summed E-state index contributed by atoms with van der Waals surface area (Å²) >= 11 is 9.70. The highest BCUT2D eigenvalue weighted by Crippen LogP contribution is 2.52. The van der Waals surface area contributed by atoms with Gasteiger partial charge in [0, 0.05) is 111 Å². The number of hydrogen-bond donors (Lipinski definition) is 16. The predicted molar refractivity (Wildman–Crippen MR) is 571 cm³/mol. The van der Waals surface area contributed by atoms with Crippen molar-refractivity contribution >= 4 is 155 Å². The first kappa shape index (κ1) is 161. The quantitative estimate of drug-likeness (QED) is 0.0108. The van der Waals surface area contributed by atoms with Crippen molar-refractivity contribution in [1.82, 2.24) is 58.9 Å². The van der Waals surface area contributed by atoms with Crippen LogP contribution in [-0.2, 0) is 152 Å². The lowest BCUT2D eigenvalue weighted by Gasteiger charge is -2.31. The van der Waals surface area contributed by atoms with E-state index in [-0.39, 0.29) is 89.3 Å². The summed E-state index contributed by atoms with van der Waals surface area (Å²) in [7, 11) is -26.2. The number of halogens is 2. The smallest absolute Gasteiger partial charge is 0.323 e. The van der Waals surface area contributed by atoms with Crippen molar-refractivity contribution in [2.45, 2.75) is 220 Å². The molecule has 0 spiro atoms. The molecule has 3 rings (SSSR count). The van der Waals surface area contributed by atoms with Crippen LogP contribution in [0.5, 0.6) is 0 Å². The molecule has 0 saturated heterocycles. The number of ether oxygens (including phenoxy) is 10. The SMILES string of the molecule is C.CCCCOC(=O)C(C)N.CCCCOC(=O)C(C)NP(C)(=O)NCC(C)C(=O)OCC.CCOC(=O)C(C)CNP(C)(=O)O.CCOC(=O)C(C)CNP(C)(=O)OCc1ccccc1.CCOC(=O)C(C)N.CCOC(=O)C(C)NP(C)(=O)N(C)C(C)C(=O)OCC.CCOC(=O)C(C)NP(C)(=O)O.CCOC(=O)C(C)NP(C)(=O)n1ccnc1.CP(=O)(Cl)Cl.CP(=O)(O)O.CP(=O)(O)n1ccnc1.CP(N)(N)=O. The van der Waals surface area contributed by atoms with E-state index in [9.17, 15) is 93.6 Å². The Morgan fingerprint density at radius 3 is 1.00 bits per heavy atom. The number of hydrogen-bond acceptors (Lipinski definition) is 35. The van der Waals surface area contributed by atoms with Gasteiger partial charge in [-0.1, -0.05) is 85.2 Å². The number of benzene rings is 1. The van der Waals surface area contributed by atoms with E-state index < -0.39 is 157 Å². The van der Waals surface area contributed by atoms with Crippen molar-refractivity contribution in [2.75, 3.05) is 159 Å². The third-order valence-corrected chi connectivity index (χ3v) is 25.8. The molecule has 17 unspecified atom stereocenters. The van der Waals surface area contributed by atoms with E-state index >= 15 is 0 Å². The van der Waals surface area contributed by atoms with E-state index in [1.54, 1.807) is 131 Å². The van der Waals surface area contributed by atoms with Gasteiger partial charge in [0.2, 0.25) is 35.6 Å². The zero-order valence-corrected chi connectivity index (χ0v) is 100.0. The van der Waals surface area contributed by atoms with E-state index in [4.69, 9.17) is 101 Å². The summed E-state index contributed by atoms with van der Waals surface area (Å²) in [6.45, 7) is 51.1. The van der Waals surface area contributed by atoms with Crippen LogP contribution in [0.1, 0.15) is 177 Å². The van der Waals surface area contributed by atoms with Gasteiger partial charge >= 0.3 is 67.3 Å². The number of rotatable bonds is 48. The van der Waals surface area contributed by atoms with E-state index in [1.807, 2.05) is 44.2 Å². The van der Waals surface area contributed by atoms with Gasteiger partial charge in [-0.2, -0.15) is 0 Å². The van der Waals surface area contributed by atoms with E-state index in [0.29, 0.717) is 46.2 Å². The third-order valence-electron chi connectivity index (χ3n) is 15.6. The summed E-state index contributed by atoms with van der Waals surface area (Å²) in [5, 5.41) is 18.4. The van der Waals surface area contributed by atoms with Crippen LogP contribution in [0, 0.1) is 17.8 Å². The van der Waals surface area contributed by atoms with Gasteiger partial charge in [-0.25, -0.2) is 45.2 Å². The molecule has 3 aromatic rings. The molecule has 0 aliphatic rings. The average molecular weight is 2340 g/mol. The summed E-state index contributed by atoms with van der Waals surface area (Å²) < 4.78 is 168. The number of aromatic nitrogens is 4. The lowest BCUT2D eigenvalue weighted by molar-refractivity contribution is -0.148. The molecule has 0 saturated carbocycles. The lowest BCUT2D eigenvalue weighted by Crippen LogP contribution is -2.42. The monoisotopic (exact) mass is 2340 g/mol. The number of carbonyl (C=O) groups is 10. The van der Waals surface area contributed by atoms with Crippen LogP contribution in [0.25, 0.3) is 0 Å². The van der Waals surface area contributed by atoms with Crippen LogP contribution in [0.2, 0.25) is 0 Å². The maximum atomic E-state index is 12.6. The van der Waals surface area contributed by atoms with Gasteiger partial charge in [-0.15, -0.1) is 0 Å². The van der Waals surface area contributed by atoms with Crippen LogP contribution >= 0.6 is 95.8 Å². The second-order valence-corrected chi connectivity index (χ2v) is 57.1. The zero-order valence-electron chi connectivity index (χ0n) is 89.5. The number of imidazole rings is 2. The van der Waals surface area contributed by atoms with Crippen molar-refractivity contribution in [2.24, 2.45) is 40.2 Å². The van der Waals surface area contributed by atoms with Crippen molar-refractivity contribution in [3.63, 3.8) is 0 Å². The number of nitrogens with two attached hydrogens (primary N) is 4. The van der Waals surface area contributed by atoms with Gasteiger partial charge in [-0.3, -0.25) is 118 Å². The fourth-order valence-corrected chi connectivity index (χ4v) is 16.3. The van der Waals surface area contributed by atoms with Crippen LogP contribution in [0.4, 0.5) is 0 Å². The molecule has 2 heterocycles. The Labute approximate surface area is 873 Å². The predicted octanol–water partition coefficient (Wildman–Crippen LogP) is 11.6. The standard InChI is InChI=1S/C14H29N2O5P.C14H22NO4P.C12H25N2O5P.C9H16N3O3P.C7H16NO4P.C7H15NO2.C6H14NO4P.C5H11NO2.C4H7N2O2P.CH3Cl2OP.CH7N2OP.CH5O3P.CH4/c1-6-8-9-21-14(18)12(4)16-22(5,19)15-10-11(3)13(17)20-7-2;1-4-18-14(16)12(2)10-15-20(3,17)19-11-13-8-6-5-7-9-13;1-7-18-11(15)9(3)13-20(6,17)14(5)10(4)12(16)19-8-2;1-4-15-9(13)8(2)11-16(3,14)12-6-5-10-7-12;1-4-12-7(9)6(2)5-8-13(3,10)11;1-3-4-5-10-7(9)6(2)8;1-4-11-6(8)5(2)7-12(3,9)10;1-3-8-5(7)4(2)6;1-9(7,8)6-3-2-5-4-6;3*1-5(2,3)4;/h11-12H,6-10H2,1-5H3,(H2,15,16,19);5-9,12H,4,10-11H2,1-3H3,(H,15,17);9-10H,7-8H2,1-6H3,(H,13,17);5-8H,4H2,1-3H3,(H,11,14);6H,4-5H2,1-3H3,(H2,8,10,11);6H,3-5,8H2,1-2H3;5H,4H2,1-3H3,(H2,7,9,10);4H,3,6H2,1-2H3;2-4H,1H3,(H,7,8);1H3;1H3,(H4,2,3,4);1H3,(H2,2,3,4);1H4. The molecular weight excluding hydrogens is 2170 g/mol. The average Bonchev–Trinajstić information content (AvgIpc) is 1.29. The first-order valence-electron chi connectivity index (χ1n) is 45.3. The molecule has 20 N–H and O–H groups in total. The molecule has 1 aromatic carbocycles. The van der Waals surface area contributed by atoms with Crippen molar-refractivity contribution in [3.8, 4) is 0 Å². The molecule has 0 radical (unpaired) electrons. The van der Waals surface area contributed by atoms with Crippen LogP contribution < -0.4 is 58.1 Å². The summed E-state index contributed by atoms with van der Waals surface area (Å²) in [5.74, 6) is -7.83. The van der Waals surface area contributed by atoms with Crippen LogP contribution in [0.15, 0.2) is 67.8 Å². The first-order chi connectivity index (χ1) is 66.0.